The Balaban J connectivity index is 1.49. The van der Waals surface area contributed by atoms with Gasteiger partial charge in [-0.1, -0.05) is 0 Å². The van der Waals surface area contributed by atoms with Crippen molar-refractivity contribution in [2.45, 2.75) is 37.0 Å². The molecule has 104 valence electrons. The number of ether oxygens (including phenoxy) is 4. The van der Waals surface area contributed by atoms with Crippen LogP contribution in [0.5, 0.6) is 0 Å². The van der Waals surface area contributed by atoms with Gasteiger partial charge in [-0.15, -0.1) is 0 Å². The molecule has 0 aromatic carbocycles. The van der Waals surface area contributed by atoms with E-state index < -0.39 is 24.8 Å². The highest BCUT2D eigenvalue weighted by molar-refractivity contribution is 4.94. The van der Waals surface area contributed by atoms with Crippen molar-refractivity contribution in [2.75, 3.05) is 26.4 Å². The molecule has 8 nitrogen and oxygen atoms in total. The van der Waals surface area contributed by atoms with Crippen LogP contribution in [0.25, 0.3) is 0 Å². The normalized spacial score (nSPS) is 48.3. The maximum Gasteiger partial charge on any atom is 0.242 e. The summed E-state index contributed by atoms with van der Waals surface area (Å²) in [6.45, 7) is 1.12. The molecule has 0 spiro atoms. The van der Waals surface area contributed by atoms with Crippen LogP contribution in [0.2, 0.25) is 0 Å². The zero-order chi connectivity index (χ0) is 12.5. The Kier molecular flexibility index (Phi) is 3.78. The Labute approximate surface area is 103 Å². The van der Waals surface area contributed by atoms with Crippen molar-refractivity contribution in [1.82, 2.24) is 0 Å². The van der Waals surface area contributed by atoms with Crippen LogP contribution < -0.4 is 0 Å². The predicted molar refractivity (Wildman–Crippen MR) is 53.1 cm³/mol. The number of aliphatic hydroxyl groups excluding tert-OH is 2. The average molecular weight is 264 g/mol. The first kappa shape index (κ1) is 12.7. The van der Waals surface area contributed by atoms with Crippen LogP contribution in [-0.2, 0) is 28.7 Å². The van der Waals surface area contributed by atoms with E-state index in [1.807, 2.05) is 0 Å². The fourth-order valence-electron chi connectivity index (χ4n) is 2.22. The minimum atomic E-state index is -1.17. The van der Waals surface area contributed by atoms with E-state index in [2.05, 4.69) is 0 Å². The van der Waals surface area contributed by atoms with Crippen molar-refractivity contribution in [3.8, 4) is 0 Å². The molecule has 3 fully saturated rings. The molecule has 3 heterocycles. The lowest BCUT2D eigenvalue weighted by molar-refractivity contribution is -0.448. The van der Waals surface area contributed by atoms with Gasteiger partial charge in [0.05, 0.1) is 26.4 Å². The molecule has 3 aliphatic heterocycles. The highest BCUT2D eigenvalue weighted by atomic mass is 17.2. The molecule has 2 unspecified atom stereocenters. The summed E-state index contributed by atoms with van der Waals surface area (Å²) < 4.78 is 20.8. The maximum atomic E-state index is 9.55. The molecular weight excluding hydrogens is 248 g/mol. The third-order valence-electron chi connectivity index (χ3n) is 3.14. The van der Waals surface area contributed by atoms with Gasteiger partial charge in [-0.3, -0.25) is 0 Å². The van der Waals surface area contributed by atoms with Crippen molar-refractivity contribution < 1.29 is 38.9 Å². The van der Waals surface area contributed by atoms with Gasteiger partial charge in [0, 0.05) is 0 Å². The standard InChI is InChI=1S/C10H16O8/c11-5-3-15-8-6(4-16-7(5)8)17-18-10-9(12)13-1-2-14-10/h5-12H,1-4H2/t5-,6-,7-,8-,9?,10?/m1/s1. The quantitative estimate of drug-likeness (QED) is 0.453. The van der Waals surface area contributed by atoms with Crippen LogP contribution in [0.1, 0.15) is 0 Å². The molecule has 0 aromatic rings. The van der Waals surface area contributed by atoms with Crippen LogP contribution in [0.3, 0.4) is 0 Å². The topological polar surface area (TPSA) is 95.8 Å². The molecule has 0 aliphatic carbocycles. The summed E-state index contributed by atoms with van der Waals surface area (Å²) in [5, 5.41) is 19.0. The van der Waals surface area contributed by atoms with E-state index in [1.54, 1.807) is 0 Å². The van der Waals surface area contributed by atoms with Gasteiger partial charge in [0.2, 0.25) is 12.6 Å². The first-order valence-electron chi connectivity index (χ1n) is 5.90. The Bertz CT molecular complexity index is 287. The summed E-state index contributed by atoms with van der Waals surface area (Å²) in [4.78, 5) is 10.1. The van der Waals surface area contributed by atoms with Crippen molar-refractivity contribution in [3.63, 3.8) is 0 Å². The lowest BCUT2D eigenvalue weighted by Crippen LogP contribution is -2.42. The number of hydrogen-bond acceptors (Lipinski definition) is 8. The van der Waals surface area contributed by atoms with Gasteiger partial charge < -0.3 is 29.2 Å². The van der Waals surface area contributed by atoms with Gasteiger partial charge >= 0.3 is 0 Å². The molecular formula is C10H16O8. The van der Waals surface area contributed by atoms with Crippen molar-refractivity contribution in [3.05, 3.63) is 0 Å². The van der Waals surface area contributed by atoms with Crippen LogP contribution in [0, 0.1) is 0 Å². The molecule has 2 N–H and O–H groups in total. The number of aliphatic hydroxyl groups is 2. The third kappa shape index (κ3) is 2.38. The van der Waals surface area contributed by atoms with E-state index in [-0.39, 0.29) is 25.4 Å². The first-order valence-corrected chi connectivity index (χ1v) is 5.90. The second kappa shape index (κ2) is 5.35. The van der Waals surface area contributed by atoms with E-state index in [1.165, 1.54) is 0 Å². The van der Waals surface area contributed by atoms with Gasteiger partial charge in [0.25, 0.3) is 0 Å². The van der Waals surface area contributed by atoms with Crippen LogP contribution in [0.4, 0.5) is 0 Å². The van der Waals surface area contributed by atoms with Gasteiger partial charge in [-0.25, -0.2) is 4.89 Å². The van der Waals surface area contributed by atoms with Gasteiger partial charge in [0.1, 0.15) is 24.4 Å². The highest BCUT2D eigenvalue weighted by Crippen LogP contribution is 2.29. The fourth-order valence-corrected chi connectivity index (χ4v) is 2.22. The largest absolute Gasteiger partial charge is 0.388 e. The Morgan fingerprint density at radius 3 is 2.44 bits per heavy atom. The minimum absolute atomic E-state index is 0.223. The summed E-state index contributed by atoms with van der Waals surface area (Å²) in [6.07, 6.45) is -3.99. The summed E-state index contributed by atoms with van der Waals surface area (Å²) >= 11 is 0. The average Bonchev–Trinajstić information content (AvgIpc) is 2.93. The lowest BCUT2D eigenvalue weighted by Gasteiger charge is -2.28. The van der Waals surface area contributed by atoms with E-state index in [0.717, 1.165) is 0 Å². The molecule has 0 aromatic heterocycles. The molecule has 3 aliphatic rings. The zero-order valence-corrected chi connectivity index (χ0v) is 9.64. The molecule has 8 heteroatoms. The van der Waals surface area contributed by atoms with Crippen LogP contribution in [-0.4, -0.2) is 73.6 Å². The Morgan fingerprint density at radius 1 is 0.833 bits per heavy atom. The SMILES string of the molecule is OC1OCCOC1OO[C@@H]1CO[C@H]2[C@@H]1OC[C@H]2O. The van der Waals surface area contributed by atoms with Crippen molar-refractivity contribution >= 4 is 0 Å². The molecule has 0 bridgehead atoms. The molecule has 18 heavy (non-hydrogen) atoms. The number of rotatable bonds is 3. The zero-order valence-electron chi connectivity index (χ0n) is 9.64. The Morgan fingerprint density at radius 2 is 1.61 bits per heavy atom. The maximum absolute atomic E-state index is 9.55. The van der Waals surface area contributed by atoms with Gasteiger partial charge in [-0.05, 0) is 0 Å². The monoisotopic (exact) mass is 264 g/mol. The summed E-state index contributed by atoms with van der Waals surface area (Å²) in [5.74, 6) is 0. The molecule has 6 atom stereocenters. The first-order chi connectivity index (χ1) is 8.75. The summed E-state index contributed by atoms with van der Waals surface area (Å²) in [6, 6.07) is 0. The second-order valence-electron chi connectivity index (χ2n) is 4.39. The van der Waals surface area contributed by atoms with Gasteiger partial charge in [-0.2, -0.15) is 4.89 Å². The lowest BCUT2D eigenvalue weighted by atomic mass is 10.1. The Hall–Kier alpha value is -0.320. The molecule has 0 saturated carbocycles. The fraction of sp³-hybridized carbons (Fsp3) is 1.00. The van der Waals surface area contributed by atoms with Crippen molar-refractivity contribution in [1.29, 1.82) is 0 Å². The molecule has 0 radical (unpaired) electrons. The van der Waals surface area contributed by atoms with E-state index in [0.29, 0.717) is 13.2 Å². The third-order valence-corrected chi connectivity index (χ3v) is 3.14. The number of fused-ring (bicyclic) bond motifs is 1. The second-order valence-corrected chi connectivity index (χ2v) is 4.39. The molecule has 3 rings (SSSR count). The smallest absolute Gasteiger partial charge is 0.242 e. The summed E-state index contributed by atoms with van der Waals surface area (Å²) in [7, 11) is 0. The van der Waals surface area contributed by atoms with Crippen LogP contribution in [0.15, 0.2) is 0 Å². The summed E-state index contributed by atoms with van der Waals surface area (Å²) in [5.41, 5.74) is 0. The van der Waals surface area contributed by atoms with Gasteiger partial charge in [0.15, 0.2) is 0 Å². The van der Waals surface area contributed by atoms with Crippen molar-refractivity contribution in [2.24, 2.45) is 0 Å². The molecule has 0 amide bonds. The number of hydrogen-bond donors (Lipinski definition) is 2. The van der Waals surface area contributed by atoms with Crippen LogP contribution >= 0.6 is 0 Å². The predicted octanol–water partition coefficient (Wildman–Crippen LogP) is -1.85. The highest BCUT2D eigenvalue weighted by Gasteiger charge is 2.48. The minimum Gasteiger partial charge on any atom is -0.388 e. The van der Waals surface area contributed by atoms with E-state index >= 15 is 0 Å². The molecule has 3 saturated heterocycles. The van der Waals surface area contributed by atoms with E-state index in [9.17, 15) is 10.2 Å². The van der Waals surface area contributed by atoms with E-state index in [4.69, 9.17) is 28.7 Å².